The molecule has 1 aliphatic rings. The number of nitrogens with one attached hydrogen (secondary N) is 2. The van der Waals surface area contributed by atoms with Crippen molar-refractivity contribution in [1.29, 1.82) is 0 Å². The number of aliphatic carboxylic acids is 2. The Hall–Kier alpha value is -5.31. The minimum Gasteiger partial charge on any atom is -0.480 e. The third-order valence-electron chi connectivity index (χ3n) is 7.24. The number of carboxylic acid groups (broad SMARTS) is 2. The van der Waals surface area contributed by atoms with Crippen LogP contribution >= 0.6 is 0 Å². The van der Waals surface area contributed by atoms with E-state index in [9.17, 15) is 42.3 Å². The Bertz CT molecular complexity index is 1630. The van der Waals surface area contributed by atoms with Crippen molar-refractivity contribution in [3.8, 4) is 0 Å². The molecule has 0 saturated carbocycles. The number of carboxylic acids is 2. The molecule has 0 bridgehead atoms. The van der Waals surface area contributed by atoms with E-state index in [4.69, 9.17) is 9.90 Å². The maximum atomic E-state index is 13.3. The Morgan fingerprint density at radius 1 is 0.854 bits per heavy atom. The Morgan fingerprint density at radius 2 is 1.35 bits per heavy atom. The van der Waals surface area contributed by atoms with Gasteiger partial charge in [-0.05, 0) is 53.8 Å². The van der Waals surface area contributed by atoms with Crippen LogP contribution in [-0.2, 0) is 19.2 Å². The first-order valence-corrected chi connectivity index (χ1v) is 14.8. The zero-order valence-corrected chi connectivity index (χ0v) is 26.3. The van der Waals surface area contributed by atoms with Gasteiger partial charge in [0.2, 0.25) is 11.8 Å². The van der Waals surface area contributed by atoms with E-state index in [0.717, 1.165) is 15.7 Å². The fourth-order valence-corrected chi connectivity index (χ4v) is 4.95. The molecule has 3 aromatic carbocycles. The van der Waals surface area contributed by atoms with Crippen LogP contribution in [0.4, 0.5) is 18.9 Å². The summed E-state index contributed by atoms with van der Waals surface area (Å²) in [6.45, 7) is 3.46. The van der Waals surface area contributed by atoms with Crippen molar-refractivity contribution in [2.75, 3.05) is 25.5 Å². The van der Waals surface area contributed by atoms with Crippen molar-refractivity contribution in [3.05, 3.63) is 77.9 Å². The second kappa shape index (κ2) is 16.0. The van der Waals surface area contributed by atoms with Gasteiger partial charge >= 0.3 is 18.1 Å². The van der Waals surface area contributed by atoms with Crippen molar-refractivity contribution in [3.63, 3.8) is 0 Å². The number of benzene rings is 3. The van der Waals surface area contributed by atoms with E-state index in [1.807, 2.05) is 44.2 Å². The first kappa shape index (κ1) is 37.2. The summed E-state index contributed by atoms with van der Waals surface area (Å²) in [6, 6.07) is 17.5. The summed E-state index contributed by atoms with van der Waals surface area (Å²) in [4.78, 5) is 75.4. The lowest BCUT2D eigenvalue weighted by atomic mass is 10.0. The molecule has 0 fully saturated rings. The van der Waals surface area contributed by atoms with Crippen molar-refractivity contribution >= 4 is 52.0 Å². The van der Waals surface area contributed by atoms with Gasteiger partial charge < -0.3 is 20.4 Å². The molecule has 0 unspecified atom stereocenters. The van der Waals surface area contributed by atoms with E-state index in [0.29, 0.717) is 12.1 Å². The number of nitrogens with zero attached hydrogens (tertiary/aromatic N) is 2. The smallest absolute Gasteiger partial charge is 0.480 e. The molecule has 15 heteroatoms. The number of carbonyl (C=O) groups is 6. The molecule has 4 amide bonds. The highest BCUT2D eigenvalue weighted by Gasteiger charge is 2.39. The van der Waals surface area contributed by atoms with Crippen LogP contribution in [0.5, 0.6) is 0 Å². The van der Waals surface area contributed by atoms with Crippen LogP contribution in [0.25, 0.3) is 10.8 Å². The summed E-state index contributed by atoms with van der Waals surface area (Å²) in [5.41, 5.74) is 1.18. The number of likely N-dealkylation sites (N-methyl/N-ethyl adjacent to an activating group) is 1. The standard InChI is InChI=1S/C31H34N4O6.C2HF3O2/c1-19(2)15-26(30(39)34(3)18-27(36)32-22-11-5-4-6-12-22)33-25(31(40)41)13-14-35-28(37)23-16-20-9-7-8-10-21(20)17-24(23)29(35)38;3-2(4,5)1(6)7/h4-12,16-17,19,25-26,33H,13-15,18H2,1-3H3,(H,32,36)(H,40,41);(H,6,7)/t25-,26+;/m1./s1. The number of carbonyl (C=O) groups excluding carboxylic acids is 4. The van der Waals surface area contributed by atoms with Gasteiger partial charge in [-0.15, -0.1) is 0 Å². The highest BCUT2D eigenvalue weighted by molar-refractivity contribution is 6.23. The van der Waals surface area contributed by atoms with Crippen LogP contribution in [0.2, 0.25) is 0 Å². The van der Waals surface area contributed by atoms with Gasteiger partial charge in [0.05, 0.1) is 23.7 Å². The first-order valence-electron chi connectivity index (χ1n) is 14.8. The normalized spacial score (nSPS) is 13.8. The molecule has 48 heavy (non-hydrogen) atoms. The van der Waals surface area contributed by atoms with Gasteiger partial charge in [0.25, 0.3) is 11.8 Å². The number of fused-ring (bicyclic) bond motifs is 2. The van der Waals surface area contributed by atoms with Gasteiger partial charge in [0.15, 0.2) is 0 Å². The largest absolute Gasteiger partial charge is 0.490 e. The predicted octanol–water partition coefficient (Wildman–Crippen LogP) is 4.01. The summed E-state index contributed by atoms with van der Waals surface area (Å²) >= 11 is 0. The number of amides is 4. The molecule has 3 aromatic rings. The summed E-state index contributed by atoms with van der Waals surface area (Å²) in [5, 5.41) is 24.4. The summed E-state index contributed by atoms with van der Waals surface area (Å²) in [5.74, 6) is -5.68. The molecule has 0 saturated heterocycles. The first-order chi connectivity index (χ1) is 22.5. The highest BCUT2D eigenvalue weighted by Crippen LogP contribution is 2.28. The zero-order chi connectivity index (χ0) is 35.8. The number of alkyl halides is 3. The molecule has 0 aliphatic carbocycles. The average Bonchev–Trinajstić information content (AvgIpc) is 3.24. The second-order valence-electron chi connectivity index (χ2n) is 11.4. The van der Waals surface area contributed by atoms with Crippen LogP contribution in [-0.4, -0.2) is 94.0 Å². The van der Waals surface area contributed by atoms with Crippen LogP contribution < -0.4 is 10.6 Å². The minimum atomic E-state index is -5.08. The molecular formula is C33H35F3N4O8. The number of rotatable bonds is 12. The zero-order valence-electron chi connectivity index (χ0n) is 26.3. The fourth-order valence-electron chi connectivity index (χ4n) is 4.95. The maximum absolute atomic E-state index is 13.3. The average molecular weight is 673 g/mol. The summed E-state index contributed by atoms with van der Waals surface area (Å²) in [7, 11) is 1.49. The molecule has 12 nitrogen and oxygen atoms in total. The van der Waals surface area contributed by atoms with E-state index in [-0.39, 0.29) is 42.5 Å². The number of halogens is 3. The minimum absolute atomic E-state index is 0.0443. The van der Waals surface area contributed by atoms with Crippen LogP contribution in [0, 0.1) is 5.92 Å². The Balaban J connectivity index is 0.000000804. The van der Waals surface area contributed by atoms with Gasteiger partial charge in [-0.25, -0.2) is 4.79 Å². The Labute approximate surface area is 273 Å². The van der Waals surface area contributed by atoms with E-state index in [1.54, 1.807) is 36.4 Å². The van der Waals surface area contributed by atoms with Crippen molar-refractivity contribution in [1.82, 2.24) is 15.1 Å². The Morgan fingerprint density at radius 3 is 1.81 bits per heavy atom. The van der Waals surface area contributed by atoms with E-state index >= 15 is 0 Å². The number of para-hydroxylation sites is 1. The van der Waals surface area contributed by atoms with Crippen LogP contribution in [0.3, 0.4) is 0 Å². The lowest BCUT2D eigenvalue weighted by molar-refractivity contribution is -0.192. The molecule has 4 N–H and O–H groups in total. The molecule has 0 radical (unpaired) electrons. The number of imide groups is 1. The third-order valence-corrected chi connectivity index (χ3v) is 7.24. The van der Waals surface area contributed by atoms with Crippen molar-refractivity contribution < 1.29 is 52.2 Å². The number of hydrogen-bond acceptors (Lipinski definition) is 7. The lowest BCUT2D eigenvalue weighted by Gasteiger charge is -2.28. The molecule has 2 atom stereocenters. The van der Waals surface area contributed by atoms with Crippen molar-refractivity contribution in [2.45, 2.75) is 44.9 Å². The molecule has 0 spiro atoms. The molecule has 1 aliphatic heterocycles. The SMILES string of the molecule is CC(C)C[C@H](N[C@H](CCN1C(=O)c2cc3ccccc3cc2C1=O)C(=O)O)C(=O)N(C)CC(=O)Nc1ccccc1.O=C(O)C(F)(F)F. The van der Waals surface area contributed by atoms with Crippen molar-refractivity contribution in [2.24, 2.45) is 5.92 Å². The monoisotopic (exact) mass is 672 g/mol. The lowest BCUT2D eigenvalue weighted by Crippen LogP contribution is -2.53. The van der Waals surface area contributed by atoms with Gasteiger partial charge in [-0.3, -0.25) is 34.2 Å². The fraction of sp³-hybridized carbons (Fsp3) is 0.333. The molecular weight excluding hydrogens is 637 g/mol. The summed E-state index contributed by atoms with van der Waals surface area (Å²) in [6.07, 6.45) is -4.85. The van der Waals surface area contributed by atoms with Gasteiger partial charge in [-0.1, -0.05) is 56.3 Å². The molecule has 0 aromatic heterocycles. The molecule has 4 rings (SSSR count). The number of hydrogen-bond donors (Lipinski definition) is 4. The van der Waals surface area contributed by atoms with E-state index in [2.05, 4.69) is 10.6 Å². The quantitative estimate of drug-likeness (QED) is 0.207. The van der Waals surface area contributed by atoms with Gasteiger partial charge in [0, 0.05) is 19.3 Å². The summed E-state index contributed by atoms with van der Waals surface area (Å²) < 4.78 is 31.7. The van der Waals surface area contributed by atoms with Gasteiger partial charge in [-0.2, -0.15) is 13.2 Å². The molecule has 1 heterocycles. The maximum Gasteiger partial charge on any atom is 0.490 e. The molecule has 256 valence electrons. The topological polar surface area (TPSA) is 173 Å². The van der Waals surface area contributed by atoms with Crippen LogP contribution in [0.15, 0.2) is 66.7 Å². The Kier molecular flexibility index (Phi) is 12.4. The van der Waals surface area contributed by atoms with E-state index in [1.165, 1.54) is 11.9 Å². The number of anilines is 1. The van der Waals surface area contributed by atoms with Gasteiger partial charge in [0.1, 0.15) is 6.04 Å². The second-order valence-corrected chi connectivity index (χ2v) is 11.4. The van der Waals surface area contributed by atoms with Crippen LogP contribution in [0.1, 0.15) is 47.4 Å². The van der Waals surface area contributed by atoms with E-state index < -0.39 is 47.9 Å². The highest BCUT2D eigenvalue weighted by atomic mass is 19.4. The predicted molar refractivity (Wildman–Crippen MR) is 168 cm³/mol. The third kappa shape index (κ3) is 9.84.